The maximum atomic E-state index is 5.87. The molecule has 7 nitrogen and oxygen atoms in total. The second kappa shape index (κ2) is 11.6. The van der Waals surface area contributed by atoms with Gasteiger partial charge in [0, 0.05) is 32.0 Å². The molecule has 0 aliphatic heterocycles. The number of nitrogens with two attached hydrogens (primary N) is 1. The number of unbranched alkanes of at least 4 members (excludes halogenated alkanes) is 1. The van der Waals surface area contributed by atoms with Gasteiger partial charge in [-0.3, -0.25) is 4.99 Å². The molecule has 7 heteroatoms. The Morgan fingerprint density at radius 1 is 1.04 bits per heavy atom. The van der Waals surface area contributed by atoms with Crippen molar-refractivity contribution in [1.82, 2.24) is 0 Å². The van der Waals surface area contributed by atoms with Crippen LogP contribution in [0.5, 0.6) is 11.5 Å². The van der Waals surface area contributed by atoms with E-state index in [-0.39, 0.29) is 0 Å². The summed E-state index contributed by atoms with van der Waals surface area (Å²) in [6.45, 7) is 2.62. The van der Waals surface area contributed by atoms with Crippen LogP contribution in [0.2, 0.25) is 0 Å². The average molecular weight is 325 g/mol. The lowest BCUT2D eigenvalue weighted by molar-refractivity contribution is 0.0690. The molecule has 0 amide bonds. The van der Waals surface area contributed by atoms with Crippen LogP contribution in [0.4, 0.5) is 5.69 Å². The number of ether oxygens (including phenoxy) is 4. The van der Waals surface area contributed by atoms with Crippen LogP contribution in [0, 0.1) is 0 Å². The lowest BCUT2D eigenvalue weighted by Crippen LogP contribution is -2.22. The summed E-state index contributed by atoms with van der Waals surface area (Å²) in [5.74, 6) is 1.68. The molecular weight excluding hydrogens is 298 g/mol. The van der Waals surface area contributed by atoms with Crippen molar-refractivity contribution >= 4 is 11.6 Å². The van der Waals surface area contributed by atoms with Crippen LogP contribution in [0.3, 0.4) is 0 Å². The fraction of sp³-hybridized carbons (Fsp3) is 0.562. The van der Waals surface area contributed by atoms with Gasteiger partial charge < -0.3 is 30.0 Å². The Bertz CT molecular complexity index is 480. The Morgan fingerprint density at radius 3 is 2.52 bits per heavy atom. The SMILES string of the molecule is COCCOCCCCN=C(N)Nc1ccc(OC)c(OC)c1. The van der Waals surface area contributed by atoms with Crippen LogP contribution in [-0.4, -0.2) is 53.7 Å². The molecule has 0 aromatic heterocycles. The van der Waals surface area contributed by atoms with Gasteiger partial charge in [-0.1, -0.05) is 0 Å². The molecule has 3 N–H and O–H groups in total. The minimum atomic E-state index is 0.373. The molecule has 130 valence electrons. The van der Waals surface area contributed by atoms with E-state index in [1.54, 1.807) is 21.3 Å². The van der Waals surface area contributed by atoms with E-state index in [1.807, 2.05) is 18.2 Å². The number of rotatable bonds is 11. The van der Waals surface area contributed by atoms with Crippen molar-refractivity contribution in [1.29, 1.82) is 0 Å². The normalized spacial score (nSPS) is 11.3. The van der Waals surface area contributed by atoms with Gasteiger partial charge in [0.15, 0.2) is 17.5 Å². The van der Waals surface area contributed by atoms with E-state index in [2.05, 4.69) is 10.3 Å². The van der Waals surface area contributed by atoms with Crippen LogP contribution >= 0.6 is 0 Å². The van der Waals surface area contributed by atoms with Gasteiger partial charge in [0.25, 0.3) is 0 Å². The minimum absolute atomic E-state index is 0.373. The average Bonchev–Trinajstić information content (AvgIpc) is 2.57. The van der Waals surface area contributed by atoms with E-state index in [9.17, 15) is 0 Å². The fourth-order valence-corrected chi connectivity index (χ4v) is 1.86. The van der Waals surface area contributed by atoms with Crippen molar-refractivity contribution in [2.45, 2.75) is 12.8 Å². The summed E-state index contributed by atoms with van der Waals surface area (Å²) in [6, 6.07) is 5.48. The molecule has 1 aromatic rings. The van der Waals surface area contributed by atoms with E-state index in [0.717, 1.165) is 18.5 Å². The van der Waals surface area contributed by atoms with Crippen LogP contribution < -0.4 is 20.5 Å². The zero-order chi connectivity index (χ0) is 16.9. The van der Waals surface area contributed by atoms with Crippen molar-refractivity contribution in [3.8, 4) is 11.5 Å². The Kier molecular flexibility index (Phi) is 9.58. The number of benzene rings is 1. The van der Waals surface area contributed by atoms with E-state index in [0.29, 0.717) is 43.8 Å². The Balaban J connectivity index is 2.31. The Labute approximate surface area is 137 Å². The maximum absolute atomic E-state index is 5.87. The molecule has 0 aliphatic carbocycles. The molecule has 0 heterocycles. The topological polar surface area (TPSA) is 87.3 Å². The third-order valence-corrected chi connectivity index (χ3v) is 3.07. The third kappa shape index (κ3) is 7.71. The molecule has 1 rings (SSSR count). The number of anilines is 1. The first kappa shape index (κ1) is 19.1. The van der Waals surface area contributed by atoms with E-state index >= 15 is 0 Å². The number of nitrogens with one attached hydrogen (secondary N) is 1. The molecule has 0 bridgehead atoms. The molecule has 1 aromatic carbocycles. The van der Waals surface area contributed by atoms with Crippen LogP contribution in [0.1, 0.15) is 12.8 Å². The Morgan fingerprint density at radius 2 is 1.83 bits per heavy atom. The van der Waals surface area contributed by atoms with Crippen LogP contribution in [-0.2, 0) is 9.47 Å². The van der Waals surface area contributed by atoms with Gasteiger partial charge >= 0.3 is 0 Å². The van der Waals surface area contributed by atoms with E-state index in [4.69, 9.17) is 24.7 Å². The molecule has 0 saturated carbocycles. The molecule has 0 unspecified atom stereocenters. The van der Waals surface area contributed by atoms with Gasteiger partial charge in [-0.05, 0) is 25.0 Å². The van der Waals surface area contributed by atoms with E-state index < -0.39 is 0 Å². The molecular formula is C16H27N3O4. The quantitative estimate of drug-likeness (QED) is 0.367. The van der Waals surface area contributed by atoms with Crippen molar-refractivity contribution in [3.63, 3.8) is 0 Å². The number of methoxy groups -OCH3 is 3. The highest BCUT2D eigenvalue weighted by Gasteiger charge is 2.04. The van der Waals surface area contributed by atoms with Crippen LogP contribution in [0.25, 0.3) is 0 Å². The van der Waals surface area contributed by atoms with Gasteiger partial charge in [0.2, 0.25) is 0 Å². The van der Waals surface area contributed by atoms with Gasteiger partial charge in [-0.25, -0.2) is 0 Å². The summed E-state index contributed by atoms with van der Waals surface area (Å²) in [4.78, 5) is 4.28. The molecule has 23 heavy (non-hydrogen) atoms. The molecule has 0 aliphatic rings. The second-order valence-electron chi connectivity index (χ2n) is 4.77. The van der Waals surface area contributed by atoms with E-state index in [1.165, 1.54) is 0 Å². The molecule has 0 atom stereocenters. The molecule has 0 spiro atoms. The number of hydrogen-bond acceptors (Lipinski definition) is 5. The summed E-state index contributed by atoms with van der Waals surface area (Å²) >= 11 is 0. The zero-order valence-electron chi connectivity index (χ0n) is 14.1. The minimum Gasteiger partial charge on any atom is -0.493 e. The first-order valence-electron chi connectivity index (χ1n) is 7.57. The number of hydrogen-bond donors (Lipinski definition) is 2. The van der Waals surface area contributed by atoms with Crippen molar-refractivity contribution in [2.75, 3.05) is 53.0 Å². The number of nitrogens with zero attached hydrogens (tertiary/aromatic N) is 1. The maximum Gasteiger partial charge on any atom is 0.193 e. The first-order chi connectivity index (χ1) is 11.2. The largest absolute Gasteiger partial charge is 0.493 e. The first-order valence-corrected chi connectivity index (χ1v) is 7.57. The zero-order valence-corrected chi connectivity index (χ0v) is 14.1. The predicted octanol–water partition coefficient (Wildman–Crippen LogP) is 1.87. The van der Waals surface area contributed by atoms with Gasteiger partial charge in [0.1, 0.15) is 0 Å². The summed E-state index contributed by atoms with van der Waals surface area (Å²) in [5.41, 5.74) is 6.67. The highest BCUT2D eigenvalue weighted by molar-refractivity contribution is 5.92. The summed E-state index contributed by atoms with van der Waals surface area (Å²) in [6.07, 6.45) is 1.86. The monoisotopic (exact) mass is 325 g/mol. The van der Waals surface area contributed by atoms with Crippen LogP contribution in [0.15, 0.2) is 23.2 Å². The lowest BCUT2D eigenvalue weighted by atomic mass is 10.3. The van der Waals surface area contributed by atoms with Crippen molar-refractivity contribution in [3.05, 3.63) is 18.2 Å². The van der Waals surface area contributed by atoms with Crippen molar-refractivity contribution < 1.29 is 18.9 Å². The highest BCUT2D eigenvalue weighted by atomic mass is 16.5. The summed E-state index contributed by atoms with van der Waals surface area (Å²) < 4.78 is 20.7. The number of aliphatic imine (C=N–C) groups is 1. The summed E-state index contributed by atoms with van der Waals surface area (Å²) in [5, 5.41) is 3.03. The lowest BCUT2D eigenvalue weighted by Gasteiger charge is -2.11. The van der Waals surface area contributed by atoms with Gasteiger partial charge in [0.05, 0.1) is 27.4 Å². The molecule has 0 radical (unpaired) electrons. The standard InChI is InChI=1S/C16H27N3O4/c1-20-10-11-23-9-5-4-8-18-16(17)19-13-6-7-14(21-2)15(12-13)22-3/h6-7,12H,4-5,8-11H2,1-3H3,(H3,17,18,19). The predicted molar refractivity (Wildman–Crippen MR) is 91.6 cm³/mol. The highest BCUT2D eigenvalue weighted by Crippen LogP contribution is 2.29. The third-order valence-electron chi connectivity index (χ3n) is 3.07. The molecule has 0 fully saturated rings. The summed E-state index contributed by atoms with van der Waals surface area (Å²) in [7, 11) is 4.85. The second-order valence-corrected chi connectivity index (χ2v) is 4.77. The molecule has 0 saturated heterocycles. The smallest absolute Gasteiger partial charge is 0.193 e. The van der Waals surface area contributed by atoms with Gasteiger partial charge in [-0.15, -0.1) is 0 Å². The fourth-order valence-electron chi connectivity index (χ4n) is 1.86. The van der Waals surface area contributed by atoms with Gasteiger partial charge in [-0.2, -0.15) is 0 Å². The Hall–Kier alpha value is -1.99. The number of guanidine groups is 1. The van der Waals surface area contributed by atoms with Crippen molar-refractivity contribution in [2.24, 2.45) is 10.7 Å².